The first-order chi connectivity index (χ1) is 14.6. The highest BCUT2D eigenvalue weighted by atomic mass is 19.1. The van der Waals surface area contributed by atoms with Gasteiger partial charge in [-0.15, -0.1) is 5.10 Å². The SMILES string of the molecule is O=C(NCC1(Cc2ccc(F)cc2)CC1)N1CCc2c(nnn2-c2ccccc2)C1. The number of nitrogens with one attached hydrogen (secondary N) is 1. The third-order valence-corrected chi connectivity index (χ3v) is 6.15. The molecule has 2 aromatic carbocycles. The third-order valence-electron chi connectivity index (χ3n) is 6.15. The molecule has 0 unspecified atom stereocenters. The molecule has 30 heavy (non-hydrogen) atoms. The Balaban J connectivity index is 1.19. The fraction of sp³-hybridized carbons (Fsp3) is 0.348. The van der Waals surface area contributed by atoms with Crippen molar-refractivity contribution in [3.05, 3.63) is 77.4 Å². The minimum Gasteiger partial charge on any atom is -0.337 e. The van der Waals surface area contributed by atoms with Gasteiger partial charge < -0.3 is 10.2 Å². The van der Waals surface area contributed by atoms with Gasteiger partial charge in [-0.25, -0.2) is 13.9 Å². The Bertz CT molecular complexity index is 1040. The summed E-state index contributed by atoms with van der Waals surface area (Å²) in [6.45, 7) is 1.76. The maximum Gasteiger partial charge on any atom is 0.317 e. The molecule has 0 bridgehead atoms. The molecule has 0 radical (unpaired) electrons. The van der Waals surface area contributed by atoms with E-state index in [4.69, 9.17) is 0 Å². The summed E-state index contributed by atoms with van der Waals surface area (Å²) in [6, 6.07) is 16.5. The molecule has 0 saturated heterocycles. The standard InChI is InChI=1S/C23H24FN5O/c24-18-8-6-17(7-9-18)14-23(11-12-23)16-25-22(30)28-13-10-21-20(15-28)26-27-29(21)19-4-2-1-3-5-19/h1-9H,10-16H2,(H,25,30). The van der Waals surface area contributed by atoms with Gasteiger partial charge in [0.25, 0.3) is 0 Å². The molecule has 2 aliphatic rings. The maximum absolute atomic E-state index is 13.1. The van der Waals surface area contributed by atoms with E-state index in [1.54, 1.807) is 4.90 Å². The molecule has 1 aliphatic heterocycles. The highest BCUT2D eigenvalue weighted by Crippen LogP contribution is 2.47. The average Bonchev–Trinajstić information content (AvgIpc) is 3.41. The van der Waals surface area contributed by atoms with Crippen LogP contribution in [0.1, 0.15) is 29.8 Å². The van der Waals surface area contributed by atoms with Crippen molar-refractivity contribution in [2.24, 2.45) is 5.41 Å². The second kappa shape index (κ2) is 7.55. The summed E-state index contributed by atoms with van der Waals surface area (Å²) in [7, 11) is 0. The lowest BCUT2D eigenvalue weighted by molar-refractivity contribution is 0.188. The van der Waals surface area contributed by atoms with Crippen molar-refractivity contribution >= 4 is 6.03 Å². The topological polar surface area (TPSA) is 63.1 Å². The molecule has 0 spiro atoms. The van der Waals surface area contributed by atoms with Gasteiger partial charge in [-0.1, -0.05) is 35.5 Å². The zero-order valence-electron chi connectivity index (χ0n) is 16.7. The Kier molecular flexibility index (Phi) is 4.73. The van der Waals surface area contributed by atoms with Crippen molar-refractivity contribution in [1.29, 1.82) is 0 Å². The molecule has 1 fully saturated rings. The average molecular weight is 405 g/mol. The van der Waals surface area contributed by atoms with Crippen molar-refractivity contribution in [3.63, 3.8) is 0 Å². The third kappa shape index (κ3) is 3.79. The Labute approximate surface area is 174 Å². The summed E-state index contributed by atoms with van der Waals surface area (Å²) in [4.78, 5) is 14.6. The summed E-state index contributed by atoms with van der Waals surface area (Å²) in [5.41, 5.74) is 4.13. The van der Waals surface area contributed by atoms with E-state index in [0.717, 1.165) is 48.3 Å². The number of hydrogen-bond acceptors (Lipinski definition) is 3. The highest BCUT2D eigenvalue weighted by Gasteiger charge is 2.43. The molecule has 5 rings (SSSR count). The van der Waals surface area contributed by atoms with Crippen LogP contribution in [0.4, 0.5) is 9.18 Å². The van der Waals surface area contributed by atoms with Gasteiger partial charge in [0.1, 0.15) is 11.5 Å². The van der Waals surface area contributed by atoms with Gasteiger partial charge in [0.2, 0.25) is 0 Å². The van der Waals surface area contributed by atoms with E-state index in [2.05, 4.69) is 15.6 Å². The zero-order valence-corrected chi connectivity index (χ0v) is 16.7. The van der Waals surface area contributed by atoms with Gasteiger partial charge in [0.05, 0.1) is 17.9 Å². The summed E-state index contributed by atoms with van der Waals surface area (Å²) < 4.78 is 15.0. The van der Waals surface area contributed by atoms with Crippen LogP contribution in [0.25, 0.3) is 5.69 Å². The largest absolute Gasteiger partial charge is 0.337 e. The molecule has 7 heteroatoms. The number of benzene rings is 2. The van der Waals surface area contributed by atoms with Crippen molar-refractivity contribution in [3.8, 4) is 5.69 Å². The highest BCUT2D eigenvalue weighted by molar-refractivity contribution is 5.74. The fourth-order valence-corrected chi connectivity index (χ4v) is 4.16. The van der Waals surface area contributed by atoms with Crippen LogP contribution in [0.3, 0.4) is 0 Å². The summed E-state index contributed by atoms with van der Waals surface area (Å²) >= 11 is 0. The summed E-state index contributed by atoms with van der Waals surface area (Å²) in [6.07, 6.45) is 3.76. The Morgan fingerprint density at radius 1 is 1.10 bits per heavy atom. The normalized spacial score (nSPS) is 16.8. The molecule has 154 valence electrons. The monoisotopic (exact) mass is 405 g/mol. The van der Waals surface area contributed by atoms with Crippen LogP contribution in [0.2, 0.25) is 0 Å². The molecule has 0 atom stereocenters. The lowest BCUT2D eigenvalue weighted by Gasteiger charge is -2.27. The number of carbonyl (C=O) groups is 1. The van der Waals surface area contributed by atoms with Crippen LogP contribution in [-0.4, -0.2) is 39.0 Å². The Morgan fingerprint density at radius 2 is 1.87 bits per heavy atom. The molecule has 1 saturated carbocycles. The minimum absolute atomic E-state index is 0.0553. The smallest absolute Gasteiger partial charge is 0.317 e. The molecular formula is C23H24FN5O. The molecule has 1 aromatic heterocycles. The first-order valence-corrected chi connectivity index (χ1v) is 10.4. The van der Waals surface area contributed by atoms with Crippen molar-refractivity contribution in [2.45, 2.75) is 32.2 Å². The number of aromatic nitrogens is 3. The maximum atomic E-state index is 13.1. The van der Waals surface area contributed by atoms with E-state index < -0.39 is 0 Å². The minimum atomic E-state index is -0.217. The number of hydrogen-bond donors (Lipinski definition) is 1. The number of para-hydroxylation sites is 1. The Hall–Kier alpha value is -3.22. The summed E-state index contributed by atoms with van der Waals surface area (Å²) in [5, 5.41) is 11.7. The lowest BCUT2D eigenvalue weighted by atomic mass is 9.96. The molecule has 6 nitrogen and oxygen atoms in total. The number of urea groups is 1. The van der Waals surface area contributed by atoms with Gasteiger partial charge in [-0.3, -0.25) is 0 Å². The fourth-order valence-electron chi connectivity index (χ4n) is 4.16. The quantitative estimate of drug-likeness (QED) is 0.707. The second-order valence-corrected chi connectivity index (χ2v) is 8.36. The van der Waals surface area contributed by atoms with Crippen LogP contribution in [-0.2, 0) is 19.4 Å². The van der Waals surface area contributed by atoms with E-state index in [9.17, 15) is 9.18 Å². The van der Waals surface area contributed by atoms with Crippen LogP contribution in [0.5, 0.6) is 0 Å². The van der Waals surface area contributed by atoms with E-state index in [0.29, 0.717) is 19.6 Å². The van der Waals surface area contributed by atoms with Gasteiger partial charge in [-0.2, -0.15) is 0 Å². The van der Waals surface area contributed by atoms with Gasteiger partial charge in [-0.05, 0) is 54.5 Å². The first kappa shape index (κ1) is 18.8. The van der Waals surface area contributed by atoms with Crippen LogP contribution < -0.4 is 5.32 Å². The van der Waals surface area contributed by atoms with Crippen molar-refractivity contribution < 1.29 is 9.18 Å². The van der Waals surface area contributed by atoms with Gasteiger partial charge >= 0.3 is 6.03 Å². The van der Waals surface area contributed by atoms with Crippen LogP contribution in [0, 0.1) is 11.2 Å². The van der Waals surface area contributed by atoms with Gasteiger partial charge in [0.15, 0.2) is 0 Å². The molecule has 2 heterocycles. The van der Waals surface area contributed by atoms with E-state index in [-0.39, 0.29) is 17.3 Å². The van der Waals surface area contributed by atoms with E-state index in [1.165, 1.54) is 12.1 Å². The van der Waals surface area contributed by atoms with Crippen molar-refractivity contribution in [1.82, 2.24) is 25.2 Å². The number of fused-ring (bicyclic) bond motifs is 1. The molecule has 3 aromatic rings. The first-order valence-electron chi connectivity index (χ1n) is 10.4. The number of carbonyl (C=O) groups excluding carboxylic acids is 1. The van der Waals surface area contributed by atoms with E-state index >= 15 is 0 Å². The molecular weight excluding hydrogens is 381 g/mol. The molecule has 2 amide bonds. The van der Waals surface area contributed by atoms with Crippen molar-refractivity contribution in [2.75, 3.05) is 13.1 Å². The predicted octanol–water partition coefficient (Wildman–Crippen LogP) is 3.50. The van der Waals surface area contributed by atoms with Crippen LogP contribution in [0.15, 0.2) is 54.6 Å². The number of amides is 2. The Morgan fingerprint density at radius 3 is 2.60 bits per heavy atom. The lowest BCUT2D eigenvalue weighted by Crippen LogP contribution is -2.45. The van der Waals surface area contributed by atoms with Crippen LogP contribution >= 0.6 is 0 Å². The number of rotatable bonds is 5. The number of halogens is 1. The van der Waals surface area contributed by atoms with E-state index in [1.807, 2.05) is 47.1 Å². The van der Waals surface area contributed by atoms with Gasteiger partial charge in [0, 0.05) is 19.5 Å². The molecule has 1 N–H and O–H groups in total. The zero-order chi connectivity index (χ0) is 20.6. The predicted molar refractivity (Wildman–Crippen MR) is 111 cm³/mol. The number of nitrogens with zero attached hydrogens (tertiary/aromatic N) is 4. The molecule has 1 aliphatic carbocycles. The second-order valence-electron chi connectivity index (χ2n) is 8.36. The summed E-state index contributed by atoms with van der Waals surface area (Å²) in [5.74, 6) is -0.217.